The quantitative estimate of drug-likeness (QED) is 0.833. The number of hydrogen-bond donors (Lipinski definition) is 2. The number of hydrogen-bond acceptors (Lipinski definition) is 3. The van der Waals surface area contributed by atoms with E-state index in [1.165, 1.54) is 0 Å². The molecule has 1 aromatic carbocycles. The lowest BCUT2D eigenvalue weighted by Crippen LogP contribution is -2.53. The molecule has 1 saturated heterocycles. The van der Waals surface area contributed by atoms with Crippen LogP contribution in [0.4, 0.5) is 0 Å². The molecule has 0 spiro atoms. The van der Waals surface area contributed by atoms with Crippen molar-refractivity contribution in [3.05, 3.63) is 46.0 Å². The third-order valence-corrected chi connectivity index (χ3v) is 5.71. The molecule has 1 aromatic rings. The van der Waals surface area contributed by atoms with E-state index in [-0.39, 0.29) is 17.4 Å². The first-order chi connectivity index (χ1) is 12.0. The second-order valence-electron chi connectivity index (χ2n) is 6.96. The van der Waals surface area contributed by atoms with Gasteiger partial charge in [0.15, 0.2) is 0 Å². The van der Waals surface area contributed by atoms with E-state index in [1.807, 2.05) is 12.3 Å². The van der Waals surface area contributed by atoms with E-state index in [1.54, 1.807) is 18.2 Å². The molecule has 2 aliphatic heterocycles. The van der Waals surface area contributed by atoms with Gasteiger partial charge in [-0.25, -0.2) is 0 Å². The highest BCUT2D eigenvalue weighted by Crippen LogP contribution is 2.38. The molecule has 2 aliphatic rings. The normalized spacial score (nSPS) is 28.8. The van der Waals surface area contributed by atoms with Crippen LogP contribution in [-0.4, -0.2) is 37.3 Å². The van der Waals surface area contributed by atoms with Crippen LogP contribution in [0.1, 0.15) is 36.5 Å². The van der Waals surface area contributed by atoms with Gasteiger partial charge in [0, 0.05) is 29.2 Å². The standard InChI is InChI=1S/C19H23Cl2N3O/c1-13-11-19(7-9-22-13,17-4-2-3-8-23-17)12-24-18(25)15-6-5-14(20)10-16(15)21/h2-3,5-6,8,10,13,17,22H,4,7,9,11-12H2,1H3,(H,24,25)/t13-,17?,19+/m1/s1. The van der Waals surface area contributed by atoms with Gasteiger partial charge in [0.2, 0.25) is 0 Å². The molecule has 0 saturated carbocycles. The van der Waals surface area contributed by atoms with E-state index >= 15 is 0 Å². The first kappa shape index (κ1) is 18.4. The molecule has 1 amide bonds. The lowest BCUT2D eigenvalue weighted by atomic mass is 9.69. The van der Waals surface area contributed by atoms with Gasteiger partial charge >= 0.3 is 0 Å². The summed E-state index contributed by atoms with van der Waals surface area (Å²) in [5.74, 6) is -0.164. The summed E-state index contributed by atoms with van der Waals surface area (Å²) >= 11 is 12.1. The highest BCUT2D eigenvalue weighted by Gasteiger charge is 2.41. The number of dihydropyridines is 1. The molecule has 0 aromatic heterocycles. The van der Waals surface area contributed by atoms with Crippen LogP contribution < -0.4 is 10.6 Å². The zero-order chi connectivity index (χ0) is 17.9. The second kappa shape index (κ2) is 7.90. The van der Waals surface area contributed by atoms with Crippen molar-refractivity contribution in [1.82, 2.24) is 10.6 Å². The van der Waals surface area contributed by atoms with Crippen LogP contribution in [0.2, 0.25) is 10.0 Å². The fourth-order valence-corrected chi connectivity index (χ4v) is 4.34. The molecular weight excluding hydrogens is 357 g/mol. The van der Waals surface area contributed by atoms with Gasteiger partial charge in [-0.1, -0.05) is 29.3 Å². The molecule has 0 radical (unpaired) electrons. The van der Waals surface area contributed by atoms with E-state index in [2.05, 4.69) is 23.6 Å². The van der Waals surface area contributed by atoms with Crippen LogP contribution in [0.15, 0.2) is 35.3 Å². The minimum atomic E-state index is -0.164. The molecule has 134 valence electrons. The summed E-state index contributed by atoms with van der Waals surface area (Å²) in [7, 11) is 0. The molecule has 1 fully saturated rings. The maximum Gasteiger partial charge on any atom is 0.252 e. The molecule has 2 heterocycles. The van der Waals surface area contributed by atoms with Crippen molar-refractivity contribution in [2.24, 2.45) is 10.4 Å². The number of benzene rings is 1. The lowest BCUT2D eigenvalue weighted by Gasteiger charge is -2.45. The minimum Gasteiger partial charge on any atom is -0.351 e. The van der Waals surface area contributed by atoms with Gasteiger partial charge in [0.25, 0.3) is 5.91 Å². The van der Waals surface area contributed by atoms with Crippen molar-refractivity contribution in [2.45, 2.75) is 38.3 Å². The number of carbonyl (C=O) groups is 1. The molecule has 3 rings (SSSR count). The Hall–Kier alpha value is -1.36. The number of nitrogens with one attached hydrogen (secondary N) is 2. The topological polar surface area (TPSA) is 53.5 Å². The number of aliphatic imine (C=N–C) groups is 1. The summed E-state index contributed by atoms with van der Waals surface area (Å²) < 4.78 is 0. The summed E-state index contributed by atoms with van der Waals surface area (Å²) in [6.07, 6.45) is 8.91. The summed E-state index contributed by atoms with van der Waals surface area (Å²) in [5.41, 5.74) is 0.413. The van der Waals surface area contributed by atoms with Gasteiger partial charge in [-0.05, 0) is 57.0 Å². The number of carbonyl (C=O) groups excluding carboxylic acids is 1. The SMILES string of the molecule is C[C@@H]1C[C@@](CNC(=O)c2ccc(Cl)cc2Cl)(C2CC=CC=N2)CCN1. The number of piperidine rings is 1. The molecule has 0 aliphatic carbocycles. The van der Waals surface area contributed by atoms with Crippen LogP contribution in [0.3, 0.4) is 0 Å². The zero-order valence-electron chi connectivity index (χ0n) is 14.3. The maximum absolute atomic E-state index is 12.6. The predicted molar refractivity (Wildman–Crippen MR) is 104 cm³/mol. The van der Waals surface area contributed by atoms with Crippen LogP contribution in [0, 0.1) is 5.41 Å². The number of amides is 1. The van der Waals surface area contributed by atoms with Crippen molar-refractivity contribution in [3.63, 3.8) is 0 Å². The van der Waals surface area contributed by atoms with Crippen LogP contribution >= 0.6 is 23.2 Å². The zero-order valence-corrected chi connectivity index (χ0v) is 15.8. The summed E-state index contributed by atoms with van der Waals surface area (Å²) in [4.78, 5) is 17.3. The fourth-order valence-electron chi connectivity index (χ4n) is 3.85. The Kier molecular flexibility index (Phi) is 5.82. The van der Waals surface area contributed by atoms with Crippen molar-refractivity contribution in [1.29, 1.82) is 0 Å². The average Bonchev–Trinajstić information content (AvgIpc) is 2.60. The van der Waals surface area contributed by atoms with Crippen LogP contribution in [0.5, 0.6) is 0 Å². The summed E-state index contributed by atoms with van der Waals surface area (Å²) in [6.45, 7) is 3.72. The van der Waals surface area contributed by atoms with Crippen molar-refractivity contribution >= 4 is 35.3 Å². The maximum atomic E-state index is 12.6. The molecule has 3 atom stereocenters. The Morgan fingerprint density at radius 1 is 1.44 bits per heavy atom. The third-order valence-electron chi connectivity index (χ3n) is 5.16. The van der Waals surface area contributed by atoms with E-state index in [4.69, 9.17) is 28.2 Å². The van der Waals surface area contributed by atoms with Gasteiger partial charge in [-0.15, -0.1) is 0 Å². The molecule has 4 nitrogen and oxygen atoms in total. The largest absolute Gasteiger partial charge is 0.351 e. The minimum absolute atomic E-state index is 0.0412. The summed E-state index contributed by atoms with van der Waals surface area (Å²) in [5, 5.41) is 7.48. The predicted octanol–water partition coefficient (Wildman–Crippen LogP) is 3.88. The van der Waals surface area contributed by atoms with E-state index in [0.717, 1.165) is 25.8 Å². The highest BCUT2D eigenvalue weighted by atomic mass is 35.5. The van der Waals surface area contributed by atoms with E-state index in [9.17, 15) is 4.79 Å². The Balaban J connectivity index is 1.75. The molecule has 1 unspecified atom stereocenters. The van der Waals surface area contributed by atoms with E-state index in [0.29, 0.717) is 28.2 Å². The molecular formula is C19H23Cl2N3O. The first-order valence-electron chi connectivity index (χ1n) is 8.65. The lowest BCUT2D eigenvalue weighted by molar-refractivity contribution is 0.0865. The molecule has 25 heavy (non-hydrogen) atoms. The monoisotopic (exact) mass is 379 g/mol. The molecule has 6 heteroatoms. The smallest absolute Gasteiger partial charge is 0.252 e. The third kappa shape index (κ3) is 4.25. The Bertz CT molecular complexity index is 704. The molecule has 0 bridgehead atoms. The Morgan fingerprint density at radius 3 is 2.96 bits per heavy atom. The number of nitrogens with zero attached hydrogens (tertiary/aromatic N) is 1. The van der Waals surface area contributed by atoms with E-state index < -0.39 is 0 Å². The van der Waals surface area contributed by atoms with Crippen molar-refractivity contribution in [3.8, 4) is 0 Å². The molecule has 2 N–H and O–H groups in total. The van der Waals surface area contributed by atoms with Gasteiger partial charge in [0.1, 0.15) is 0 Å². The van der Waals surface area contributed by atoms with Crippen LogP contribution in [-0.2, 0) is 0 Å². The fraction of sp³-hybridized carbons (Fsp3) is 0.474. The Labute approximate surface area is 158 Å². The number of halogens is 2. The van der Waals surface area contributed by atoms with Gasteiger partial charge < -0.3 is 10.6 Å². The first-order valence-corrected chi connectivity index (χ1v) is 9.41. The Morgan fingerprint density at radius 2 is 2.28 bits per heavy atom. The van der Waals surface area contributed by atoms with Crippen LogP contribution in [0.25, 0.3) is 0 Å². The van der Waals surface area contributed by atoms with Gasteiger partial charge in [0.05, 0.1) is 16.6 Å². The van der Waals surface area contributed by atoms with Gasteiger partial charge in [-0.3, -0.25) is 9.79 Å². The summed E-state index contributed by atoms with van der Waals surface area (Å²) in [6, 6.07) is 5.55. The van der Waals surface area contributed by atoms with Crippen molar-refractivity contribution < 1.29 is 4.79 Å². The van der Waals surface area contributed by atoms with Crippen molar-refractivity contribution in [2.75, 3.05) is 13.1 Å². The number of allylic oxidation sites excluding steroid dienone is 1. The average molecular weight is 380 g/mol. The second-order valence-corrected chi connectivity index (χ2v) is 7.80. The number of rotatable bonds is 4. The highest BCUT2D eigenvalue weighted by molar-refractivity contribution is 6.36. The van der Waals surface area contributed by atoms with Gasteiger partial charge in [-0.2, -0.15) is 0 Å².